The van der Waals surface area contributed by atoms with E-state index in [0.29, 0.717) is 0 Å². The number of aryl methyl sites for hydroxylation is 1. The molecule has 0 aliphatic heterocycles. The molecule has 0 aromatic heterocycles. The minimum absolute atomic E-state index is 0.00182. The first-order valence-corrected chi connectivity index (χ1v) is 7.83. The lowest BCUT2D eigenvalue weighted by molar-refractivity contribution is 0.0938. The molecule has 1 amide bonds. The Morgan fingerprint density at radius 3 is 2.40 bits per heavy atom. The molecule has 0 bridgehead atoms. The second-order valence-electron chi connectivity index (χ2n) is 4.91. The van der Waals surface area contributed by atoms with E-state index in [9.17, 15) is 4.79 Å². The Morgan fingerprint density at radius 2 is 1.75 bits per heavy atom. The number of carbonyl (C=O) groups is 1. The summed E-state index contributed by atoms with van der Waals surface area (Å²) in [5.41, 5.74) is 2.03. The van der Waals surface area contributed by atoms with E-state index in [-0.39, 0.29) is 11.9 Å². The van der Waals surface area contributed by atoms with Crippen molar-refractivity contribution < 1.29 is 4.79 Å². The molecule has 0 fully saturated rings. The summed E-state index contributed by atoms with van der Waals surface area (Å²) in [6, 6.07) is 18.1. The third kappa shape index (κ3) is 4.63. The molecule has 2 aromatic rings. The smallest absolute Gasteiger partial charge is 0.251 e. The Bertz CT molecular complexity index is 551. The third-order valence-corrected chi connectivity index (χ3v) is 3.91. The molecule has 104 valence electrons. The zero-order valence-electron chi connectivity index (χ0n) is 11.5. The van der Waals surface area contributed by atoms with Gasteiger partial charge in [-0.3, -0.25) is 4.79 Å². The third-order valence-electron chi connectivity index (χ3n) is 3.19. The average Bonchev–Trinajstić information content (AvgIpc) is 2.47. The maximum Gasteiger partial charge on any atom is 0.251 e. The van der Waals surface area contributed by atoms with Gasteiger partial charge in [0, 0.05) is 15.2 Å². The standard InChI is InChI=1S/C17H18INO/c1-13(7-8-14-5-3-2-4-6-14)19-17(20)15-9-11-16(18)12-10-15/h2-6,9-13H,7-8H2,1H3,(H,19,20)/t13-/m1/s1. The van der Waals surface area contributed by atoms with Gasteiger partial charge in [0.2, 0.25) is 0 Å². The van der Waals surface area contributed by atoms with Gasteiger partial charge in [-0.05, 0) is 72.2 Å². The van der Waals surface area contributed by atoms with Crippen molar-refractivity contribution in [3.05, 3.63) is 69.3 Å². The SMILES string of the molecule is C[C@H](CCc1ccccc1)NC(=O)c1ccc(I)cc1. The first kappa shape index (κ1) is 15.0. The summed E-state index contributed by atoms with van der Waals surface area (Å²) in [4.78, 5) is 12.1. The van der Waals surface area contributed by atoms with Crippen molar-refractivity contribution in [3.8, 4) is 0 Å². The van der Waals surface area contributed by atoms with Crippen LogP contribution in [-0.2, 0) is 6.42 Å². The summed E-state index contributed by atoms with van der Waals surface area (Å²) in [7, 11) is 0. The van der Waals surface area contributed by atoms with E-state index in [2.05, 4.69) is 40.0 Å². The summed E-state index contributed by atoms with van der Waals surface area (Å²) >= 11 is 2.23. The van der Waals surface area contributed by atoms with Crippen molar-refractivity contribution in [1.82, 2.24) is 5.32 Å². The number of amides is 1. The van der Waals surface area contributed by atoms with Crippen LogP contribution in [0.25, 0.3) is 0 Å². The molecule has 0 aliphatic rings. The number of benzene rings is 2. The quantitative estimate of drug-likeness (QED) is 0.781. The number of nitrogens with one attached hydrogen (secondary N) is 1. The maximum atomic E-state index is 12.1. The van der Waals surface area contributed by atoms with Crippen LogP contribution in [0, 0.1) is 3.57 Å². The van der Waals surface area contributed by atoms with Gasteiger partial charge in [0.05, 0.1) is 0 Å². The van der Waals surface area contributed by atoms with Gasteiger partial charge >= 0.3 is 0 Å². The molecule has 0 saturated heterocycles. The fourth-order valence-corrected chi connectivity index (χ4v) is 2.37. The van der Waals surface area contributed by atoms with Crippen LogP contribution in [0.5, 0.6) is 0 Å². The van der Waals surface area contributed by atoms with Crippen molar-refractivity contribution in [2.75, 3.05) is 0 Å². The minimum atomic E-state index is 0.00182. The van der Waals surface area contributed by atoms with Gasteiger partial charge < -0.3 is 5.32 Å². The van der Waals surface area contributed by atoms with Crippen molar-refractivity contribution in [2.45, 2.75) is 25.8 Å². The molecule has 20 heavy (non-hydrogen) atoms. The van der Waals surface area contributed by atoms with E-state index in [1.807, 2.05) is 49.4 Å². The molecule has 3 heteroatoms. The zero-order chi connectivity index (χ0) is 14.4. The normalized spacial score (nSPS) is 11.9. The number of hydrogen-bond donors (Lipinski definition) is 1. The molecule has 0 spiro atoms. The molecule has 0 heterocycles. The highest BCUT2D eigenvalue weighted by Crippen LogP contribution is 2.08. The van der Waals surface area contributed by atoms with Crippen LogP contribution in [0.15, 0.2) is 54.6 Å². The lowest BCUT2D eigenvalue weighted by Crippen LogP contribution is -2.32. The minimum Gasteiger partial charge on any atom is -0.350 e. The highest BCUT2D eigenvalue weighted by atomic mass is 127. The van der Waals surface area contributed by atoms with Gasteiger partial charge in [0.25, 0.3) is 5.91 Å². The predicted molar refractivity (Wildman–Crippen MR) is 90.9 cm³/mol. The lowest BCUT2D eigenvalue weighted by Gasteiger charge is -2.14. The summed E-state index contributed by atoms with van der Waals surface area (Å²) in [5.74, 6) is 0.00182. The fourth-order valence-electron chi connectivity index (χ4n) is 2.01. The van der Waals surface area contributed by atoms with E-state index in [0.717, 1.165) is 22.0 Å². The summed E-state index contributed by atoms with van der Waals surface area (Å²) in [5, 5.41) is 3.04. The molecule has 0 aliphatic carbocycles. The highest BCUT2D eigenvalue weighted by Gasteiger charge is 2.09. The van der Waals surface area contributed by atoms with E-state index in [1.54, 1.807) is 0 Å². The molecule has 1 N–H and O–H groups in total. The van der Waals surface area contributed by atoms with Crippen LogP contribution in [0.4, 0.5) is 0 Å². The van der Waals surface area contributed by atoms with Crippen LogP contribution >= 0.6 is 22.6 Å². The lowest BCUT2D eigenvalue weighted by atomic mass is 10.1. The molecule has 0 radical (unpaired) electrons. The number of carbonyl (C=O) groups excluding carboxylic acids is 1. The molecule has 1 atom stereocenters. The second kappa shape index (κ2) is 7.43. The van der Waals surface area contributed by atoms with Crippen molar-refractivity contribution in [1.29, 1.82) is 0 Å². The Kier molecular flexibility index (Phi) is 5.59. The molecular formula is C17H18INO. The summed E-state index contributed by atoms with van der Waals surface area (Å²) in [6.07, 6.45) is 1.93. The van der Waals surface area contributed by atoms with Crippen molar-refractivity contribution >= 4 is 28.5 Å². The molecular weight excluding hydrogens is 361 g/mol. The maximum absolute atomic E-state index is 12.1. The Morgan fingerprint density at radius 1 is 1.10 bits per heavy atom. The van der Waals surface area contributed by atoms with Crippen LogP contribution in [-0.4, -0.2) is 11.9 Å². The van der Waals surface area contributed by atoms with Gasteiger partial charge in [-0.25, -0.2) is 0 Å². The number of rotatable bonds is 5. The van der Waals surface area contributed by atoms with Gasteiger partial charge in [0.1, 0.15) is 0 Å². The van der Waals surface area contributed by atoms with Crippen LogP contribution in [0.1, 0.15) is 29.3 Å². The number of halogens is 1. The van der Waals surface area contributed by atoms with E-state index in [1.165, 1.54) is 5.56 Å². The van der Waals surface area contributed by atoms with Gasteiger partial charge in [0.15, 0.2) is 0 Å². The first-order valence-electron chi connectivity index (χ1n) is 6.75. The van der Waals surface area contributed by atoms with Gasteiger partial charge in [-0.2, -0.15) is 0 Å². The Balaban J connectivity index is 1.83. The Hall–Kier alpha value is -1.36. The van der Waals surface area contributed by atoms with Gasteiger partial charge in [-0.15, -0.1) is 0 Å². The number of hydrogen-bond acceptors (Lipinski definition) is 1. The van der Waals surface area contributed by atoms with E-state index < -0.39 is 0 Å². The fraction of sp³-hybridized carbons (Fsp3) is 0.235. The molecule has 2 aromatic carbocycles. The van der Waals surface area contributed by atoms with Crippen LogP contribution < -0.4 is 5.32 Å². The van der Waals surface area contributed by atoms with Crippen molar-refractivity contribution in [3.63, 3.8) is 0 Å². The first-order chi connectivity index (χ1) is 9.65. The second-order valence-corrected chi connectivity index (χ2v) is 6.15. The van der Waals surface area contributed by atoms with Crippen molar-refractivity contribution in [2.24, 2.45) is 0 Å². The van der Waals surface area contributed by atoms with E-state index >= 15 is 0 Å². The monoisotopic (exact) mass is 379 g/mol. The highest BCUT2D eigenvalue weighted by molar-refractivity contribution is 14.1. The zero-order valence-corrected chi connectivity index (χ0v) is 13.6. The Labute approximate surface area is 133 Å². The van der Waals surface area contributed by atoms with Crippen LogP contribution in [0.2, 0.25) is 0 Å². The molecule has 2 rings (SSSR count). The van der Waals surface area contributed by atoms with Crippen LogP contribution in [0.3, 0.4) is 0 Å². The van der Waals surface area contributed by atoms with Gasteiger partial charge in [-0.1, -0.05) is 30.3 Å². The topological polar surface area (TPSA) is 29.1 Å². The van der Waals surface area contributed by atoms with E-state index in [4.69, 9.17) is 0 Å². The predicted octanol–water partition coefficient (Wildman–Crippen LogP) is 4.04. The molecule has 0 saturated carbocycles. The average molecular weight is 379 g/mol. The summed E-state index contributed by atoms with van der Waals surface area (Å²) < 4.78 is 1.14. The summed E-state index contributed by atoms with van der Waals surface area (Å²) in [6.45, 7) is 2.05. The molecule has 0 unspecified atom stereocenters. The largest absolute Gasteiger partial charge is 0.350 e. The molecule has 2 nitrogen and oxygen atoms in total.